The SMILES string of the molecule is CC1CCC(CO)(CN(CCO)C2CCCC2)CC1. The van der Waals surface area contributed by atoms with Gasteiger partial charge in [-0.1, -0.05) is 32.6 Å². The standard InChI is InChI=1S/C16H31NO2/c1-14-6-8-16(13-19,9-7-14)12-17(10-11-18)15-4-2-3-5-15/h14-15,18-19H,2-13H2,1H3. The van der Waals surface area contributed by atoms with Crippen LogP contribution < -0.4 is 0 Å². The number of aliphatic hydroxyl groups excluding tert-OH is 2. The van der Waals surface area contributed by atoms with Crippen LogP contribution in [0.5, 0.6) is 0 Å². The number of hydrogen-bond acceptors (Lipinski definition) is 3. The van der Waals surface area contributed by atoms with Crippen LogP contribution in [-0.2, 0) is 0 Å². The van der Waals surface area contributed by atoms with E-state index < -0.39 is 0 Å². The van der Waals surface area contributed by atoms with Crippen molar-refractivity contribution in [2.45, 2.75) is 64.3 Å². The molecule has 3 nitrogen and oxygen atoms in total. The van der Waals surface area contributed by atoms with Gasteiger partial charge >= 0.3 is 0 Å². The van der Waals surface area contributed by atoms with E-state index in [1.807, 2.05) is 0 Å². The molecule has 2 saturated carbocycles. The fraction of sp³-hybridized carbons (Fsp3) is 1.00. The van der Waals surface area contributed by atoms with E-state index in [2.05, 4.69) is 11.8 Å². The first-order valence-corrected chi connectivity index (χ1v) is 8.15. The minimum Gasteiger partial charge on any atom is -0.396 e. The summed E-state index contributed by atoms with van der Waals surface area (Å²) in [5.41, 5.74) is 0.101. The molecule has 2 fully saturated rings. The summed E-state index contributed by atoms with van der Waals surface area (Å²) in [5.74, 6) is 0.817. The van der Waals surface area contributed by atoms with E-state index in [1.54, 1.807) is 0 Å². The first-order valence-electron chi connectivity index (χ1n) is 8.15. The third kappa shape index (κ3) is 3.93. The Labute approximate surface area is 118 Å². The molecule has 0 saturated heterocycles. The normalized spacial score (nSPS) is 33.2. The van der Waals surface area contributed by atoms with E-state index in [0.717, 1.165) is 31.8 Å². The Hall–Kier alpha value is -0.120. The minimum absolute atomic E-state index is 0.101. The van der Waals surface area contributed by atoms with Crippen LogP contribution in [0.1, 0.15) is 58.3 Å². The average molecular weight is 269 g/mol. The van der Waals surface area contributed by atoms with Crippen LogP contribution in [-0.4, -0.2) is 47.5 Å². The topological polar surface area (TPSA) is 43.7 Å². The van der Waals surface area contributed by atoms with Gasteiger partial charge in [-0.05, 0) is 31.6 Å². The van der Waals surface area contributed by atoms with Crippen molar-refractivity contribution < 1.29 is 10.2 Å². The van der Waals surface area contributed by atoms with Gasteiger partial charge in [0.2, 0.25) is 0 Å². The Kier molecular flexibility index (Phi) is 5.67. The zero-order chi connectivity index (χ0) is 13.7. The molecule has 2 aliphatic rings. The smallest absolute Gasteiger partial charge is 0.0558 e. The summed E-state index contributed by atoms with van der Waals surface area (Å²) in [6.45, 7) is 4.65. The molecule has 0 atom stereocenters. The van der Waals surface area contributed by atoms with Crippen LogP contribution in [0, 0.1) is 11.3 Å². The Balaban J connectivity index is 1.97. The highest BCUT2D eigenvalue weighted by Gasteiger charge is 2.37. The maximum Gasteiger partial charge on any atom is 0.0558 e. The van der Waals surface area contributed by atoms with E-state index in [0.29, 0.717) is 12.6 Å². The van der Waals surface area contributed by atoms with Crippen LogP contribution >= 0.6 is 0 Å². The summed E-state index contributed by atoms with van der Waals surface area (Å²) >= 11 is 0. The Morgan fingerprint density at radius 2 is 1.68 bits per heavy atom. The molecule has 2 rings (SSSR count). The highest BCUT2D eigenvalue weighted by molar-refractivity contribution is 4.89. The van der Waals surface area contributed by atoms with Crippen LogP contribution in [0.4, 0.5) is 0 Å². The molecule has 2 N–H and O–H groups in total. The maximum atomic E-state index is 9.90. The predicted octanol–water partition coefficient (Wildman–Crippen LogP) is 2.41. The molecular formula is C16H31NO2. The summed E-state index contributed by atoms with van der Waals surface area (Å²) in [6.07, 6.45) is 10.0. The van der Waals surface area contributed by atoms with Gasteiger partial charge in [0.15, 0.2) is 0 Å². The molecule has 0 bridgehead atoms. The lowest BCUT2D eigenvalue weighted by molar-refractivity contribution is 0.0106. The molecule has 0 spiro atoms. The van der Waals surface area contributed by atoms with Crippen LogP contribution in [0.2, 0.25) is 0 Å². The number of nitrogens with zero attached hydrogens (tertiary/aromatic N) is 1. The molecule has 0 aromatic heterocycles. The largest absolute Gasteiger partial charge is 0.396 e. The molecule has 0 unspecified atom stereocenters. The molecule has 2 aliphatic carbocycles. The second kappa shape index (κ2) is 7.05. The zero-order valence-corrected chi connectivity index (χ0v) is 12.5. The second-order valence-corrected chi connectivity index (χ2v) is 6.97. The number of aliphatic hydroxyl groups is 2. The first kappa shape index (κ1) is 15.3. The molecule has 0 aromatic rings. The van der Waals surface area contributed by atoms with Gasteiger partial charge < -0.3 is 10.2 Å². The lowest BCUT2D eigenvalue weighted by Gasteiger charge is -2.43. The molecule has 19 heavy (non-hydrogen) atoms. The van der Waals surface area contributed by atoms with Gasteiger partial charge in [0, 0.05) is 31.2 Å². The summed E-state index contributed by atoms with van der Waals surface area (Å²) in [6, 6.07) is 0.648. The van der Waals surface area contributed by atoms with Gasteiger partial charge in [-0.15, -0.1) is 0 Å². The van der Waals surface area contributed by atoms with Crippen molar-refractivity contribution in [1.29, 1.82) is 0 Å². The van der Waals surface area contributed by atoms with E-state index in [-0.39, 0.29) is 12.0 Å². The van der Waals surface area contributed by atoms with Crippen molar-refractivity contribution in [2.75, 3.05) is 26.3 Å². The highest BCUT2D eigenvalue weighted by Crippen LogP contribution is 2.40. The van der Waals surface area contributed by atoms with Gasteiger partial charge in [-0.25, -0.2) is 0 Å². The first-order chi connectivity index (χ1) is 9.19. The van der Waals surface area contributed by atoms with Crippen molar-refractivity contribution in [3.8, 4) is 0 Å². The third-order valence-electron chi connectivity index (χ3n) is 5.44. The molecule has 112 valence electrons. The number of rotatable bonds is 6. The minimum atomic E-state index is 0.101. The van der Waals surface area contributed by atoms with Gasteiger partial charge in [0.25, 0.3) is 0 Å². The third-order valence-corrected chi connectivity index (χ3v) is 5.44. The summed E-state index contributed by atoms with van der Waals surface area (Å²) in [4.78, 5) is 2.47. The van der Waals surface area contributed by atoms with Crippen LogP contribution in [0.3, 0.4) is 0 Å². The maximum absolute atomic E-state index is 9.90. The molecule has 3 heteroatoms. The lowest BCUT2D eigenvalue weighted by atomic mass is 9.71. The summed E-state index contributed by atoms with van der Waals surface area (Å²) in [7, 11) is 0. The highest BCUT2D eigenvalue weighted by atomic mass is 16.3. The second-order valence-electron chi connectivity index (χ2n) is 6.97. The van der Waals surface area contributed by atoms with Gasteiger partial charge in [0.05, 0.1) is 6.61 Å². The fourth-order valence-corrected chi connectivity index (χ4v) is 3.96. The molecule has 0 aliphatic heterocycles. The van der Waals surface area contributed by atoms with E-state index in [9.17, 15) is 10.2 Å². The van der Waals surface area contributed by atoms with Crippen molar-refractivity contribution in [3.63, 3.8) is 0 Å². The molecule has 0 aromatic carbocycles. The fourth-order valence-electron chi connectivity index (χ4n) is 3.96. The van der Waals surface area contributed by atoms with Gasteiger partial charge in [0.1, 0.15) is 0 Å². The van der Waals surface area contributed by atoms with E-state index in [4.69, 9.17) is 0 Å². The lowest BCUT2D eigenvalue weighted by Crippen LogP contribution is -2.47. The Bertz CT molecular complexity index is 255. The van der Waals surface area contributed by atoms with Crippen molar-refractivity contribution in [2.24, 2.45) is 11.3 Å². The van der Waals surface area contributed by atoms with Crippen LogP contribution in [0.25, 0.3) is 0 Å². The predicted molar refractivity (Wildman–Crippen MR) is 78.1 cm³/mol. The molecular weight excluding hydrogens is 238 g/mol. The Morgan fingerprint density at radius 3 is 2.21 bits per heavy atom. The van der Waals surface area contributed by atoms with E-state index >= 15 is 0 Å². The van der Waals surface area contributed by atoms with Crippen molar-refractivity contribution >= 4 is 0 Å². The van der Waals surface area contributed by atoms with E-state index in [1.165, 1.54) is 38.5 Å². The number of hydrogen-bond donors (Lipinski definition) is 2. The van der Waals surface area contributed by atoms with Crippen molar-refractivity contribution in [3.05, 3.63) is 0 Å². The summed E-state index contributed by atoms with van der Waals surface area (Å²) < 4.78 is 0. The quantitative estimate of drug-likeness (QED) is 0.778. The monoisotopic (exact) mass is 269 g/mol. The van der Waals surface area contributed by atoms with Crippen LogP contribution in [0.15, 0.2) is 0 Å². The Morgan fingerprint density at radius 1 is 1.05 bits per heavy atom. The average Bonchev–Trinajstić information content (AvgIpc) is 2.95. The van der Waals surface area contributed by atoms with Gasteiger partial charge in [-0.2, -0.15) is 0 Å². The zero-order valence-electron chi connectivity index (χ0n) is 12.5. The van der Waals surface area contributed by atoms with Gasteiger partial charge in [-0.3, -0.25) is 4.90 Å². The molecule has 0 amide bonds. The van der Waals surface area contributed by atoms with Crippen molar-refractivity contribution in [1.82, 2.24) is 4.90 Å². The summed E-state index contributed by atoms with van der Waals surface area (Å²) in [5, 5.41) is 19.2. The molecule has 0 radical (unpaired) electrons. The molecule has 0 heterocycles.